The van der Waals surface area contributed by atoms with Crippen LogP contribution in [0.25, 0.3) is 0 Å². The maximum Gasteiger partial charge on any atom is 0.0159 e. The van der Waals surface area contributed by atoms with E-state index >= 15 is 0 Å². The summed E-state index contributed by atoms with van der Waals surface area (Å²) >= 11 is 0. The SMILES string of the molecule is CCCCCN(C)CC1CCC(C)(C)C1NCCC. The first-order valence-electron chi connectivity index (χ1n) is 8.43. The van der Waals surface area contributed by atoms with Crippen molar-refractivity contribution in [3.05, 3.63) is 0 Å². The van der Waals surface area contributed by atoms with Crippen LogP contribution in [0.15, 0.2) is 0 Å². The van der Waals surface area contributed by atoms with E-state index in [4.69, 9.17) is 0 Å². The van der Waals surface area contributed by atoms with Gasteiger partial charge in [0.15, 0.2) is 0 Å². The quantitative estimate of drug-likeness (QED) is 0.638. The van der Waals surface area contributed by atoms with Gasteiger partial charge in [0.1, 0.15) is 0 Å². The van der Waals surface area contributed by atoms with Gasteiger partial charge < -0.3 is 10.2 Å². The number of rotatable bonds is 9. The van der Waals surface area contributed by atoms with Crippen molar-refractivity contribution in [2.24, 2.45) is 11.3 Å². The first-order valence-corrected chi connectivity index (χ1v) is 8.43. The summed E-state index contributed by atoms with van der Waals surface area (Å²) in [5, 5.41) is 3.82. The first kappa shape index (κ1) is 17.0. The minimum atomic E-state index is 0.476. The minimum Gasteiger partial charge on any atom is -0.313 e. The van der Waals surface area contributed by atoms with Crippen molar-refractivity contribution in [3.8, 4) is 0 Å². The van der Waals surface area contributed by atoms with E-state index in [9.17, 15) is 0 Å². The molecule has 0 aromatic carbocycles. The molecule has 0 aliphatic heterocycles. The van der Waals surface area contributed by atoms with Gasteiger partial charge in [-0.05, 0) is 57.2 Å². The molecule has 0 spiro atoms. The smallest absolute Gasteiger partial charge is 0.0159 e. The number of unbranched alkanes of at least 4 members (excludes halogenated alkanes) is 2. The Morgan fingerprint density at radius 2 is 1.89 bits per heavy atom. The van der Waals surface area contributed by atoms with Crippen molar-refractivity contribution >= 4 is 0 Å². The summed E-state index contributed by atoms with van der Waals surface area (Å²) in [4.78, 5) is 2.56. The van der Waals surface area contributed by atoms with Crippen molar-refractivity contribution < 1.29 is 0 Å². The lowest BCUT2D eigenvalue weighted by molar-refractivity contribution is 0.202. The highest BCUT2D eigenvalue weighted by atomic mass is 15.1. The highest BCUT2D eigenvalue weighted by Crippen LogP contribution is 2.41. The Labute approximate surface area is 121 Å². The molecule has 0 aromatic rings. The molecule has 0 radical (unpaired) electrons. The molecule has 0 amide bonds. The Bertz CT molecular complexity index is 237. The van der Waals surface area contributed by atoms with E-state index in [1.165, 1.54) is 58.2 Å². The van der Waals surface area contributed by atoms with E-state index in [0.29, 0.717) is 11.5 Å². The maximum absolute atomic E-state index is 3.82. The van der Waals surface area contributed by atoms with Gasteiger partial charge in [0.25, 0.3) is 0 Å². The molecule has 2 unspecified atom stereocenters. The average molecular weight is 268 g/mol. The van der Waals surface area contributed by atoms with E-state index in [1.807, 2.05) is 0 Å². The molecule has 0 bridgehead atoms. The van der Waals surface area contributed by atoms with Gasteiger partial charge >= 0.3 is 0 Å². The molecule has 2 nitrogen and oxygen atoms in total. The van der Waals surface area contributed by atoms with Crippen LogP contribution in [0.3, 0.4) is 0 Å². The molecule has 1 saturated carbocycles. The zero-order valence-corrected chi connectivity index (χ0v) is 14.0. The molecule has 1 rings (SSSR count). The molecule has 2 heteroatoms. The van der Waals surface area contributed by atoms with Crippen LogP contribution in [0, 0.1) is 11.3 Å². The van der Waals surface area contributed by atoms with Gasteiger partial charge in [-0.2, -0.15) is 0 Å². The van der Waals surface area contributed by atoms with Gasteiger partial charge in [0.05, 0.1) is 0 Å². The summed E-state index contributed by atoms with van der Waals surface area (Å²) in [6.45, 7) is 13.1. The van der Waals surface area contributed by atoms with Gasteiger partial charge in [0, 0.05) is 12.6 Å². The van der Waals surface area contributed by atoms with Crippen LogP contribution in [0.1, 0.15) is 66.2 Å². The van der Waals surface area contributed by atoms with Crippen LogP contribution in [0.2, 0.25) is 0 Å². The lowest BCUT2D eigenvalue weighted by Crippen LogP contribution is -2.45. The van der Waals surface area contributed by atoms with Crippen LogP contribution < -0.4 is 5.32 Å². The molecule has 1 fully saturated rings. The predicted octanol–water partition coefficient (Wildman–Crippen LogP) is 3.91. The van der Waals surface area contributed by atoms with Gasteiger partial charge in [-0.15, -0.1) is 0 Å². The Balaban J connectivity index is 2.42. The summed E-state index contributed by atoms with van der Waals surface area (Å²) < 4.78 is 0. The maximum atomic E-state index is 3.82. The molecular weight excluding hydrogens is 232 g/mol. The molecule has 19 heavy (non-hydrogen) atoms. The van der Waals surface area contributed by atoms with Crippen molar-refractivity contribution in [2.45, 2.75) is 72.3 Å². The third-order valence-corrected chi connectivity index (χ3v) is 4.78. The lowest BCUT2D eigenvalue weighted by Gasteiger charge is -2.33. The van der Waals surface area contributed by atoms with Crippen molar-refractivity contribution in [2.75, 3.05) is 26.7 Å². The van der Waals surface area contributed by atoms with E-state index in [0.717, 1.165) is 5.92 Å². The van der Waals surface area contributed by atoms with E-state index in [2.05, 4.69) is 45.0 Å². The Kier molecular flexibility index (Phi) is 7.38. The standard InChI is InChI=1S/C17H36N2/c1-6-8-9-13-19(5)14-15-10-11-17(3,4)16(15)18-12-7-2/h15-16,18H,6-14H2,1-5H3. The van der Waals surface area contributed by atoms with E-state index in [1.54, 1.807) is 0 Å². The fraction of sp³-hybridized carbons (Fsp3) is 1.00. The Hall–Kier alpha value is -0.0800. The third kappa shape index (κ3) is 5.43. The van der Waals surface area contributed by atoms with Crippen molar-refractivity contribution in [1.29, 1.82) is 0 Å². The van der Waals surface area contributed by atoms with Crippen molar-refractivity contribution in [3.63, 3.8) is 0 Å². The molecule has 2 atom stereocenters. The molecule has 1 N–H and O–H groups in total. The highest BCUT2D eigenvalue weighted by molar-refractivity contribution is 4.96. The summed E-state index contributed by atoms with van der Waals surface area (Å²) in [6, 6.07) is 0.709. The molecule has 1 aliphatic rings. The Morgan fingerprint density at radius 3 is 2.53 bits per heavy atom. The third-order valence-electron chi connectivity index (χ3n) is 4.78. The van der Waals surface area contributed by atoms with Crippen molar-refractivity contribution in [1.82, 2.24) is 10.2 Å². The van der Waals surface area contributed by atoms with Gasteiger partial charge in [-0.1, -0.05) is 40.5 Å². The zero-order chi connectivity index (χ0) is 14.3. The first-order chi connectivity index (χ1) is 9.01. The van der Waals surface area contributed by atoms with Crippen LogP contribution in [-0.2, 0) is 0 Å². The largest absolute Gasteiger partial charge is 0.313 e. The monoisotopic (exact) mass is 268 g/mol. The lowest BCUT2D eigenvalue weighted by atomic mass is 9.84. The van der Waals surface area contributed by atoms with E-state index < -0.39 is 0 Å². The predicted molar refractivity (Wildman–Crippen MR) is 85.6 cm³/mol. The molecule has 0 saturated heterocycles. The zero-order valence-electron chi connectivity index (χ0n) is 14.0. The van der Waals surface area contributed by atoms with Crippen LogP contribution in [0.5, 0.6) is 0 Å². The number of hydrogen-bond acceptors (Lipinski definition) is 2. The fourth-order valence-corrected chi connectivity index (χ4v) is 3.58. The number of hydrogen-bond donors (Lipinski definition) is 1. The second-order valence-corrected chi connectivity index (χ2v) is 7.19. The van der Waals surface area contributed by atoms with Crippen LogP contribution in [0.4, 0.5) is 0 Å². The normalized spacial score (nSPS) is 26.2. The number of nitrogens with zero attached hydrogens (tertiary/aromatic N) is 1. The summed E-state index contributed by atoms with van der Waals surface area (Å²) in [5.74, 6) is 0.841. The van der Waals surface area contributed by atoms with Gasteiger partial charge in [-0.25, -0.2) is 0 Å². The molecule has 0 aromatic heterocycles. The molecule has 0 heterocycles. The minimum absolute atomic E-state index is 0.476. The Morgan fingerprint density at radius 1 is 1.16 bits per heavy atom. The summed E-state index contributed by atoms with van der Waals surface area (Å²) in [7, 11) is 2.30. The summed E-state index contributed by atoms with van der Waals surface area (Å²) in [6.07, 6.45) is 8.07. The fourth-order valence-electron chi connectivity index (χ4n) is 3.58. The van der Waals surface area contributed by atoms with Crippen LogP contribution >= 0.6 is 0 Å². The number of nitrogens with one attached hydrogen (secondary N) is 1. The molecule has 114 valence electrons. The molecule has 1 aliphatic carbocycles. The topological polar surface area (TPSA) is 15.3 Å². The van der Waals surface area contributed by atoms with E-state index in [-0.39, 0.29) is 0 Å². The highest BCUT2D eigenvalue weighted by Gasteiger charge is 2.41. The summed E-state index contributed by atoms with van der Waals surface area (Å²) in [5.41, 5.74) is 0.476. The second kappa shape index (κ2) is 8.26. The average Bonchev–Trinajstić information content (AvgIpc) is 2.62. The van der Waals surface area contributed by atoms with Gasteiger partial charge in [0.2, 0.25) is 0 Å². The van der Waals surface area contributed by atoms with Gasteiger partial charge in [-0.3, -0.25) is 0 Å². The molecular formula is C17H36N2. The second-order valence-electron chi connectivity index (χ2n) is 7.19. The van der Waals surface area contributed by atoms with Crippen LogP contribution in [-0.4, -0.2) is 37.6 Å².